The van der Waals surface area contributed by atoms with Gasteiger partial charge in [0.25, 0.3) is 5.56 Å². The van der Waals surface area contributed by atoms with Crippen molar-refractivity contribution in [2.75, 3.05) is 23.3 Å². The minimum atomic E-state index is -1.15. The highest BCUT2D eigenvalue weighted by molar-refractivity contribution is 6.29. The Morgan fingerprint density at radius 3 is 2.58 bits per heavy atom. The van der Waals surface area contributed by atoms with Gasteiger partial charge in [-0.05, 0) is 74.3 Å². The Labute approximate surface area is 197 Å². The van der Waals surface area contributed by atoms with Crippen LogP contribution in [0, 0.1) is 12.3 Å². The summed E-state index contributed by atoms with van der Waals surface area (Å²) in [5.74, 6) is -1.15. The molecule has 1 saturated heterocycles. The monoisotopic (exact) mass is 466 g/mol. The van der Waals surface area contributed by atoms with Crippen LogP contribution in [0.3, 0.4) is 0 Å². The highest BCUT2D eigenvalue weighted by atomic mass is 35.5. The molecule has 1 aliphatic carbocycles. The third-order valence-corrected chi connectivity index (χ3v) is 7.32. The third-order valence-electron chi connectivity index (χ3n) is 7.11. The second kappa shape index (κ2) is 8.06. The normalized spacial score (nSPS) is 17.8. The SMILES string of the molecule is Cc1cc([C@H](C)Nc2ccc(Cl)nc2C(=O)O)c2cc(N3CCC4(CC3)CC4)cc(=O)n2c1. The van der Waals surface area contributed by atoms with Gasteiger partial charge in [-0.25, -0.2) is 9.78 Å². The molecule has 172 valence electrons. The van der Waals surface area contributed by atoms with Gasteiger partial charge >= 0.3 is 5.97 Å². The Balaban J connectivity index is 1.53. The van der Waals surface area contributed by atoms with E-state index in [1.807, 2.05) is 26.1 Å². The van der Waals surface area contributed by atoms with Gasteiger partial charge in [-0.15, -0.1) is 0 Å². The number of aromatic carboxylic acids is 1. The lowest BCUT2D eigenvalue weighted by Crippen LogP contribution is -2.35. The number of carboxylic acid groups (broad SMARTS) is 1. The Bertz CT molecular complexity index is 1300. The van der Waals surface area contributed by atoms with E-state index in [0.717, 1.165) is 35.4 Å². The first-order valence-electron chi connectivity index (χ1n) is 11.3. The Morgan fingerprint density at radius 1 is 1.18 bits per heavy atom. The van der Waals surface area contributed by atoms with Crippen molar-refractivity contribution in [2.24, 2.45) is 5.41 Å². The maximum atomic E-state index is 13.1. The number of aryl methyl sites for hydroxylation is 1. The fourth-order valence-electron chi connectivity index (χ4n) is 4.95. The number of anilines is 2. The molecule has 1 atom stereocenters. The molecule has 0 bridgehead atoms. The maximum Gasteiger partial charge on any atom is 0.356 e. The molecule has 3 aromatic rings. The standard InChI is InChI=1S/C25H27ClN4O3/c1-15-11-18(16(2)27-19-3-4-21(26)28-23(19)24(32)33)20-12-17(13-22(31)30(20)14-15)29-9-7-25(5-6-25)8-10-29/h3-4,11-14,16,27H,5-10H2,1-2H3,(H,32,33)/t16-/m0/s1. The smallest absolute Gasteiger partial charge is 0.356 e. The molecule has 33 heavy (non-hydrogen) atoms. The predicted molar refractivity (Wildman–Crippen MR) is 130 cm³/mol. The largest absolute Gasteiger partial charge is 0.476 e. The summed E-state index contributed by atoms with van der Waals surface area (Å²) in [5, 5.41) is 12.9. The summed E-state index contributed by atoms with van der Waals surface area (Å²) in [6.45, 7) is 5.85. The van der Waals surface area contributed by atoms with Gasteiger partial charge in [0.15, 0.2) is 5.69 Å². The summed E-state index contributed by atoms with van der Waals surface area (Å²) in [6.07, 6.45) is 6.90. The molecule has 1 spiro atoms. The van der Waals surface area contributed by atoms with Crippen molar-refractivity contribution in [1.29, 1.82) is 0 Å². The highest BCUT2D eigenvalue weighted by Crippen LogP contribution is 2.53. The second-order valence-electron chi connectivity index (χ2n) is 9.47. The van der Waals surface area contributed by atoms with Crippen LogP contribution in [0.2, 0.25) is 5.15 Å². The number of hydrogen-bond donors (Lipinski definition) is 2. The average Bonchev–Trinajstić information content (AvgIpc) is 3.54. The molecule has 0 amide bonds. The van der Waals surface area contributed by atoms with E-state index in [1.165, 1.54) is 25.7 Å². The van der Waals surface area contributed by atoms with Crippen LogP contribution in [0.1, 0.15) is 60.3 Å². The zero-order valence-electron chi connectivity index (χ0n) is 18.8. The van der Waals surface area contributed by atoms with Gasteiger partial charge in [0.1, 0.15) is 5.15 Å². The summed E-state index contributed by atoms with van der Waals surface area (Å²) < 4.78 is 1.68. The van der Waals surface area contributed by atoms with E-state index in [2.05, 4.69) is 21.3 Å². The van der Waals surface area contributed by atoms with Crippen LogP contribution in [0.15, 0.2) is 41.3 Å². The zero-order valence-corrected chi connectivity index (χ0v) is 19.5. The number of hydrogen-bond acceptors (Lipinski definition) is 5. The summed E-state index contributed by atoms with van der Waals surface area (Å²) in [5.41, 5.74) is 4.37. The average molecular weight is 467 g/mol. The number of carboxylic acids is 1. The summed E-state index contributed by atoms with van der Waals surface area (Å²) in [7, 11) is 0. The number of nitrogens with one attached hydrogen (secondary N) is 1. The van der Waals surface area contributed by atoms with Crippen molar-refractivity contribution in [1.82, 2.24) is 9.38 Å². The first-order valence-corrected chi connectivity index (χ1v) is 11.7. The maximum absolute atomic E-state index is 13.1. The molecule has 1 saturated carbocycles. The van der Waals surface area contributed by atoms with Crippen molar-refractivity contribution in [3.8, 4) is 0 Å². The Hall–Kier alpha value is -3.06. The molecule has 8 heteroatoms. The number of carbonyl (C=O) groups is 1. The fourth-order valence-corrected chi connectivity index (χ4v) is 5.10. The molecule has 3 aromatic heterocycles. The Kier molecular flexibility index (Phi) is 5.32. The number of fused-ring (bicyclic) bond motifs is 1. The molecule has 4 heterocycles. The molecular weight excluding hydrogens is 440 g/mol. The van der Waals surface area contributed by atoms with E-state index < -0.39 is 5.97 Å². The molecule has 2 fully saturated rings. The number of halogens is 1. The van der Waals surface area contributed by atoms with Gasteiger partial charge in [0.05, 0.1) is 17.2 Å². The van der Waals surface area contributed by atoms with E-state index in [9.17, 15) is 14.7 Å². The van der Waals surface area contributed by atoms with E-state index >= 15 is 0 Å². The van der Waals surface area contributed by atoms with Crippen LogP contribution >= 0.6 is 11.6 Å². The number of aromatic nitrogens is 2. The lowest BCUT2D eigenvalue weighted by molar-refractivity contribution is 0.0691. The summed E-state index contributed by atoms with van der Waals surface area (Å²) in [6, 6.07) is 8.75. The first-order chi connectivity index (χ1) is 15.7. The van der Waals surface area contributed by atoms with Crippen molar-refractivity contribution in [2.45, 2.75) is 45.6 Å². The predicted octanol–water partition coefficient (Wildman–Crippen LogP) is 4.91. The van der Waals surface area contributed by atoms with Crippen LogP contribution in [-0.4, -0.2) is 33.6 Å². The van der Waals surface area contributed by atoms with Crippen LogP contribution in [0.4, 0.5) is 11.4 Å². The van der Waals surface area contributed by atoms with Gasteiger partial charge in [0.2, 0.25) is 0 Å². The molecular formula is C25H27ClN4O3. The van der Waals surface area contributed by atoms with Crippen LogP contribution in [0.25, 0.3) is 5.52 Å². The molecule has 0 radical (unpaired) electrons. The van der Waals surface area contributed by atoms with Crippen molar-refractivity contribution in [3.63, 3.8) is 0 Å². The van der Waals surface area contributed by atoms with Gasteiger partial charge in [-0.1, -0.05) is 17.7 Å². The van der Waals surface area contributed by atoms with Crippen molar-refractivity contribution >= 4 is 34.5 Å². The number of rotatable bonds is 5. The summed E-state index contributed by atoms with van der Waals surface area (Å²) >= 11 is 5.90. The summed E-state index contributed by atoms with van der Waals surface area (Å²) in [4.78, 5) is 31.0. The topological polar surface area (TPSA) is 86.9 Å². The van der Waals surface area contributed by atoms with Crippen molar-refractivity contribution < 1.29 is 9.90 Å². The minimum Gasteiger partial charge on any atom is -0.476 e. The number of pyridine rings is 3. The minimum absolute atomic E-state index is 0.0641. The zero-order chi connectivity index (χ0) is 23.3. The quantitative estimate of drug-likeness (QED) is 0.519. The van der Waals surface area contributed by atoms with Crippen LogP contribution in [-0.2, 0) is 0 Å². The lowest BCUT2D eigenvalue weighted by atomic mass is 9.93. The van der Waals surface area contributed by atoms with E-state index in [0.29, 0.717) is 11.1 Å². The molecule has 2 N–H and O–H groups in total. The van der Waals surface area contributed by atoms with Gasteiger partial charge in [-0.3, -0.25) is 9.20 Å². The van der Waals surface area contributed by atoms with E-state index in [4.69, 9.17) is 11.6 Å². The van der Waals surface area contributed by atoms with Crippen LogP contribution < -0.4 is 15.8 Å². The second-order valence-corrected chi connectivity index (χ2v) is 9.86. The highest BCUT2D eigenvalue weighted by Gasteiger charge is 2.44. The van der Waals surface area contributed by atoms with Gasteiger partial charge < -0.3 is 15.3 Å². The number of nitrogens with zero attached hydrogens (tertiary/aromatic N) is 3. The molecule has 5 rings (SSSR count). The molecule has 0 unspecified atom stereocenters. The fraction of sp³-hybridized carbons (Fsp3) is 0.400. The number of piperidine rings is 1. The van der Waals surface area contributed by atoms with Gasteiger partial charge in [-0.2, -0.15) is 0 Å². The van der Waals surface area contributed by atoms with Crippen LogP contribution in [0.5, 0.6) is 0 Å². The third kappa shape index (κ3) is 4.17. The first kappa shape index (κ1) is 21.8. The molecule has 0 aromatic carbocycles. The molecule has 7 nitrogen and oxygen atoms in total. The Morgan fingerprint density at radius 2 is 1.91 bits per heavy atom. The lowest BCUT2D eigenvalue weighted by Gasteiger charge is -2.34. The van der Waals surface area contributed by atoms with E-state index in [-0.39, 0.29) is 22.4 Å². The van der Waals surface area contributed by atoms with Crippen molar-refractivity contribution in [3.05, 3.63) is 68.9 Å². The molecule has 1 aliphatic heterocycles. The van der Waals surface area contributed by atoms with E-state index in [1.54, 1.807) is 22.6 Å². The van der Waals surface area contributed by atoms with Gasteiger partial charge in [0, 0.05) is 31.0 Å². The molecule has 2 aliphatic rings.